The Labute approximate surface area is 146 Å². The van der Waals surface area contributed by atoms with Crippen molar-refractivity contribution in [3.63, 3.8) is 0 Å². The van der Waals surface area contributed by atoms with Crippen molar-refractivity contribution in [2.45, 2.75) is 31.0 Å². The second-order valence-electron chi connectivity index (χ2n) is 6.10. The molecule has 3 aromatic rings. The van der Waals surface area contributed by atoms with Crippen LogP contribution in [-0.4, -0.2) is 64.7 Å². The van der Waals surface area contributed by atoms with Gasteiger partial charge in [-0.25, -0.2) is 9.97 Å². The Balaban J connectivity index is 1.74. The molecule has 4 atom stereocenters. The number of H-pyrrole nitrogens is 1. The molecule has 1 fully saturated rings. The van der Waals surface area contributed by atoms with Gasteiger partial charge in [0, 0.05) is 18.8 Å². The summed E-state index contributed by atoms with van der Waals surface area (Å²) in [6, 6.07) is 3.65. The minimum atomic E-state index is -1.28. The number of pyridine rings is 1. The molecule has 0 unspecified atom stereocenters. The van der Waals surface area contributed by atoms with Gasteiger partial charge in [-0.3, -0.25) is 14.3 Å². The van der Waals surface area contributed by atoms with Crippen LogP contribution in [0, 0.1) is 0 Å². The van der Waals surface area contributed by atoms with Crippen molar-refractivity contribution in [2.75, 3.05) is 6.61 Å². The van der Waals surface area contributed by atoms with Crippen LogP contribution in [0.1, 0.15) is 17.6 Å². The molecule has 0 aromatic carbocycles. The highest BCUT2D eigenvalue weighted by Crippen LogP contribution is 2.30. The van der Waals surface area contributed by atoms with Crippen LogP contribution < -0.4 is 5.56 Å². The fourth-order valence-electron chi connectivity index (χ4n) is 3.05. The first kappa shape index (κ1) is 16.8. The van der Waals surface area contributed by atoms with Gasteiger partial charge < -0.3 is 25.0 Å². The Morgan fingerprint density at radius 1 is 1.31 bits per heavy atom. The summed E-state index contributed by atoms with van der Waals surface area (Å²) < 4.78 is 6.89. The molecule has 0 bridgehead atoms. The van der Waals surface area contributed by atoms with Gasteiger partial charge in [0.05, 0.1) is 12.9 Å². The van der Waals surface area contributed by atoms with Crippen LogP contribution in [0.25, 0.3) is 11.2 Å². The Hall–Kier alpha value is -2.66. The molecule has 4 heterocycles. The first-order valence-electron chi connectivity index (χ1n) is 8.05. The van der Waals surface area contributed by atoms with Gasteiger partial charge >= 0.3 is 0 Å². The zero-order chi connectivity index (χ0) is 18.3. The highest BCUT2D eigenvalue weighted by atomic mass is 16.6. The molecule has 26 heavy (non-hydrogen) atoms. The molecular formula is C16H17N5O5. The standard InChI is InChI=1S/C16H17N5O5/c22-6-9-12(23)13(24)16(26-9)21-7-18-11-14(21)19-10(20-15(11)25)4-8-2-1-3-17-5-8/h1-3,5,7,9,12-13,16,22-24H,4,6H2,(H,19,20,25)/t9-,12-,13-,16-/m1/s1. The molecule has 0 radical (unpaired) electrons. The number of nitrogens with zero attached hydrogens (tertiary/aromatic N) is 4. The number of rotatable bonds is 4. The molecule has 136 valence electrons. The van der Waals surface area contributed by atoms with E-state index in [2.05, 4.69) is 19.9 Å². The fraction of sp³-hybridized carbons (Fsp3) is 0.375. The number of aromatic nitrogens is 5. The minimum Gasteiger partial charge on any atom is -0.394 e. The summed E-state index contributed by atoms with van der Waals surface area (Å²) >= 11 is 0. The fourth-order valence-corrected chi connectivity index (χ4v) is 3.05. The normalized spacial score (nSPS) is 25.8. The van der Waals surface area contributed by atoms with E-state index in [0.29, 0.717) is 12.2 Å². The number of ether oxygens (including phenoxy) is 1. The highest BCUT2D eigenvalue weighted by Gasteiger charge is 2.44. The van der Waals surface area contributed by atoms with Crippen molar-refractivity contribution in [3.8, 4) is 0 Å². The predicted octanol–water partition coefficient (Wildman–Crippen LogP) is -1.28. The van der Waals surface area contributed by atoms with Gasteiger partial charge in [-0.05, 0) is 11.6 Å². The van der Waals surface area contributed by atoms with Crippen LogP contribution in [0.4, 0.5) is 0 Å². The molecule has 0 aliphatic carbocycles. The number of fused-ring (bicyclic) bond motifs is 1. The van der Waals surface area contributed by atoms with Gasteiger partial charge in [-0.2, -0.15) is 0 Å². The lowest BCUT2D eigenvalue weighted by Gasteiger charge is -2.16. The van der Waals surface area contributed by atoms with E-state index in [-0.39, 0.29) is 11.2 Å². The topological polar surface area (TPSA) is 146 Å². The van der Waals surface area contributed by atoms with Gasteiger partial charge in [0.1, 0.15) is 24.1 Å². The summed E-state index contributed by atoms with van der Waals surface area (Å²) in [5.74, 6) is 0.406. The third-order valence-corrected chi connectivity index (χ3v) is 4.37. The van der Waals surface area contributed by atoms with Crippen LogP contribution in [0.3, 0.4) is 0 Å². The predicted molar refractivity (Wildman–Crippen MR) is 88.2 cm³/mol. The number of nitrogens with one attached hydrogen (secondary N) is 1. The molecule has 10 nitrogen and oxygen atoms in total. The van der Waals surface area contributed by atoms with E-state index in [1.54, 1.807) is 18.5 Å². The van der Waals surface area contributed by atoms with E-state index in [9.17, 15) is 20.1 Å². The van der Waals surface area contributed by atoms with E-state index >= 15 is 0 Å². The molecule has 1 aliphatic rings. The summed E-state index contributed by atoms with van der Waals surface area (Å²) in [7, 11) is 0. The van der Waals surface area contributed by atoms with Gasteiger partial charge in [-0.1, -0.05) is 6.07 Å². The van der Waals surface area contributed by atoms with Crippen LogP contribution in [-0.2, 0) is 11.2 Å². The molecule has 1 saturated heterocycles. The zero-order valence-corrected chi connectivity index (χ0v) is 13.6. The molecule has 4 N–H and O–H groups in total. The molecule has 0 amide bonds. The largest absolute Gasteiger partial charge is 0.394 e. The molecule has 0 spiro atoms. The molecule has 3 aromatic heterocycles. The van der Waals surface area contributed by atoms with Gasteiger partial charge in [-0.15, -0.1) is 0 Å². The maximum Gasteiger partial charge on any atom is 0.279 e. The molecule has 4 rings (SSSR count). The van der Waals surface area contributed by atoms with Crippen LogP contribution >= 0.6 is 0 Å². The molecule has 0 saturated carbocycles. The summed E-state index contributed by atoms with van der Waals surface area (Å²) in [6.07, 6.45) is 0.540. The Morgan fingerprint density at radius 3 is 2.85 bits per heavy atom. The van der Waals surface area contributed by atoms with Crippen LogP contribution in [0.15, 0.2) is 35.6 Å². The second kappa shape index (κ2) is 6.57. The highest BCUT2D eigenvalue weighted by molar-refractivity contribution is 5.69. The van der Waals surface area contributed by atoms with Gasteiger partial charge in [0.2, 0.25) is 0 Å². The quantitative estimate of drug-likeness (QED) is 0.450. The lowest BCUT2D eigenvalue weighted by Crippen LogP contribution is -2.33. The number of imidazole rings is 1. The van der Waals surface area contributed by atoms with Crippen LogP contribution in [0.5, 0.6) is 0 Å². The number of aromatic amines is 1. The van der Waals surface area contributed by atoms with E-state index in [0.717, 1.165) is 5.56 Å². The maximum atomic E-state index is 12.3. The number of aliphatic hydroxyl groups excluding tert-OH is 3. The maximum absolute atomic E-state index is 12.3. The van der Waals surface area contributed by atoms with Gasteiger partial charge in [0.25, 0.3) is 5.56 Å². The number of hydrogen-bond donors (Lipinski definition) is 4. The lowest BCUT2D eigenvalue weighted by atomic mass is 10.1. The first-order chi connectivity index (χ1) is 12.6. The minimum absolute atomic E-state index is 0.0951. The second-order valence-corrected chi connectivity index (χ2v) is 6.10. The van der Waals surface area contributed by atoms with Crippen molar-refractivity contribution in [1.82, 2.24) is 24.5 Å². The molecule has 10 heteroatoms. The molecule has 1 aliphatic heterocycles. The number of aliphatic hydroxyl groups is 3. The Bertz CT molecular complexity index is 972. The average Bonchev–Trinajstić information content (AvgIpc) is 3.18. The van der Waals surface area contributed by atoms with E-state index in [4.69, 9.17) is 4.74 Å². The zero-order valence-electron chi connectivity index (χ0n) is 13.6. The van der Waals surface area contributed by atoms with E-state index < -0.39 is 36.7 Å². The first-order valence-corrected chi connectivity index (χ1v) is 8.05. The summed E-state index contributed by atoms with van der Waals surface area (Å²) in [4.78, 5) is 27.5. The van der Waals surface area contributed by atoms with Crippen molar-refractivity contribution in [2.24, 2.45) is 0 Å². The SMILES string of the molecule is O=c1[nH]c(Cc2cccnc2)nc2c1ncn2[C@@H]1O[C@H](CO)[C@@H](O)[C@H]1O. The smallest absolute Gasteiger partial charge is 0.279 e. The van der Waals surface area contributed by atoms with E-state index in [1.165, 1.54) is 10.9 Å². The number of hydrogen-bond acceptors (Lipinski definition) is 8. The lowest BCUT2D eigenvalue weighted by molar-refractivity contribution is -0.0511. The van der Waals surface area contributed by atoms with Gasteiger partial charge in [0.15, 0.2) is 17.4 Å². The summed E-state index contributed by atoms with van der Waals surface area (Å²) in [6.45, 7) is -0.443. The monoisotopic (exact) mass is 359 g/mol. The summed E-state index contributed by atoms with van der Waals surface area (Å²) in [5.41, 5.74) is 0.772. The third kappa shape index (κ3) is 2.78. The third-order valence-electron chi connectivity index (χ3n) is 4.37. The van der Waals surface area contributed by atoms with E-state index in [1.807, 2.05) is 6.07 Å². The summed E-state index contributed by atoms with van der Waals surface area (Å²) in [5, 5.41) is 29.4. The Kier molecular flexibility index (Phi) is 4.24. The Morgan fingerprint density at radius 2 is 2.15 bits per heavy atom. The van der Waals surface area contributed by atoms with Crippen molar-refractivity contribution < 1.29 is 20.1 Å². The van der Waals surface area contributed by atoms with Crippen molar-refractivity contribution in [1.29, 1.82) is 0 Å². The average molecular weight is 359 g/mol. The van der Waals surface area contributed by atoms with Crippen molar-refractivity contribution >= 4 is 11.2 Å². The van der Waals surface area contributed by atoms with Crippen molar-refractivity contribution in [3.05, 3.63) is 52.6 Å². The van der Waals surface area contributed by atoms with Crippen LogP contribution in [0.2, 0.25) is 0 Å². The molecular weight excluding hydrogens is 342 g/mol.